The van der Waals surface area contributed by atoms with Gasteiger partial charge in [0.1, 0.15) is 5.75 Å². The lowest BCUT2D eigenvalue weighted by Crippen LogP contribution is -2.20. The van der Waals surface area contributed by atoms with Crippen molar-refractivity contribution in [3.63, 3.8) is 0 Å². The molecule has 0 bridgehead atoms. The predicted molar refractivity (Wildman–Crippen MR) is 113 cm³/mol. The third-order valence-electron chi connectivity index (χ3n) is 4.99. The van der Waals surface area contributed by atoms with Crippen molar-refractivity contribution < 1.29 is 17.9 Å². The SMILES string of the molecule is CCN(C)CCc1cc(C)c(Oc2nc(-c3cccc(C(F)(F)F)c3)ns2)cc1C. The Hall–Kier alpha value is -2.45. The minimum atomic E-state index is -4.41. The van der Waals surface area contributed by atoms with Crippen molar-refractivity contribution >= 4 is 11.5 Å². The van der Waals surface area contributed by atoms with Crippen molar-refractivity contribution in [1.82, 2.24) is 14.3 Å². The van der Waals surface area contributed by atoms with Gasteiger partial charge in [-0.05, 0) is 68.8 Å². The molecule has 0 amide bonds. The number of alkyl halides is 3. The summed E-state index contributed by atoms with van der Waals surface area (Å²) in [6.07, 6.45) is -3.45. The number of aromatic nitrogens is 2. The van der Waals surface area contributed by atoms with Crippen LogP contribution in [0.15, 0.2) is 36.4 Å². The lowest BCUT2D eigenvalue weighted by atomic mass is 10.0. The van der Waals surface area contributed by atoms with Crippen LogP contribution < -0.4 is 4.74 Å². The third-order valence-corrected chi connectivity index (χ3v) is 5.58. The van der Waals surface area contributed by atoms with Crippen LogP contribution in [-0.2, 0) is 12.6 Å². The van der Waals surface area contributed by atoms with Gasteiger partial charge in [0.2, 0.25) is 0 Å². The zero-order valence-corrected chi connectivity index (χ0v) is 18.2. The Bertz CT molecular complexity index is 1020. The molecule has 1 heterocycles. The number of ether oxygens (including phenoxy) is 1. The molecule has 1 aromatic heterocycles. The van der Waals surface area contributed by atoms with E-state index >= 15 is 0 Å². The number of likely N-dealkylation sites (N-methyl/N-ethyl adjacent to an activating group) is 1. The molecule has 0 aliphatic rings. The molecule has 0 saturated heterocycles. The Balaban J connectivity index is 1.77. The Morgan fingerprint density at radius 1 is 1.10 bits per heavy atom. The van der Waals surface area contributed by atoms with E-state index in [0.717, 1.165) is 54.3 Å². The summed E-state index contributed by atoms with van der Waals surface area (Å²) in [4.78, 5) is 6.53. The summed E-state index contributed by atoms with van der Waals surface area (Å²) in [7, 11) is 2.09. The molecule has 0 N–H and O–H groups in total. The average molecular weight is 436 g/mol. The van der Waals surface area contributed by atoms with Gasteiger partial charge in [0.15, 0.2) is 5.82 Å². The summed E-state index contributed by atoms with van der Waals surface area (Å²) in [5.41, 5.74) is 2.95. The van der Waals surface area contributed by atoms with Gasteiger partial charge in [0.25, 0.3) is 5.19 Å². The lowest BCUT2D eigenvalue weighted by molar-refractivity contribution is -0.137. The van der Waals surface area contributed by atoms with Crippen LogP contribution in [0.3, 0.4) is 0 Å². The fraction of sp³-hybridized carbons (Fsp3) is 0.364. The molecule has 0 radical (unpaired) electrons. The number of nitrogens with zero attached hydrogens (tertiary/aromatic N) is 3. The molecular weight excluding hydrogens is 411 g/mol. The normalized spacial score (nSPS) is 11.9. The molecule has 3 aromatic rings. The minimum Gasteiger partial charge on any atom is -0.430 e. The Morgan fingerprint density at radius 3 is 2.57 bits per heavy atom. The van der Waals surface area contributed by atoms with Gasteiger partial charge in [-0.3, -0.25) is 0 Å². The number of halogens is 3. The first-order valence-corrected chi connectivity index (χ1v) is 10.4. The maximum Gasteiger partial charge on any atom is 0.416 e. The first-order chi connectivity index (χ1) is 14.2. The number of hydrogen-bond donors (Lipinski definition) is 0. The zero-order valence-electron chi connectivity index (χ0n) is 17.4. The highest BCUT2D eigenvalue weighted by Crippen LogP contribution is 2.34. The first kappa shape index (κ1) is 22.2. The first-order valence-electron chi connectivity index (χ1n) is 9.65. The van der Waals surface area contributed by atoms with E-state index in [1.807, 2.05) is 19.9 Å². The Kier molecular flexibility index (Phi) is 6.77. The molecule has 0 fully saturated rings. The molecule has 4 nitrogen and oxygen atoms in total. The summed E-state index contributed by atoms with van der Waals surface area (Å²) < 4.78 is 48.9. The van der Waals surface area contributed by atoms with Crippen LogP contribution in [0.2, 0.25) is 0 Å². The van der Waals surface area contributed by atoms with E-state index in [1.54, 1.807) is 6.07 Å². The molecule has 0 aliphatic carbocycles. The Labute approximate surface area is 178 Å². The second-order valence-corrected chi connectivity index (χ2v) is 7.97. The molecule has 0 saturated carbocycles. The minimum absolute atomic E-state index is 0.217. The van der Waals surface area contributed by atoms with Crippen LogP contribution in [0.25, 0.3) is 11.4 Å². The summed E-state index contributed by atoms with van der Waals surface area (Å²) in [5.74, 6) is 0.890. The quantitative estimate of drug-likeness (QED) is 0.448. The van der Waals surface area contributed by atoms with E-state index < -0.39 is 11.7 Å². The summed E-state index contributed by atoms with van der Waals surface area (Å²) >= 11 is 1.02. The van der Waals surface area contributed by atoms with E-state index in [2.05, 4.69) is 34.3 Å². The summed E-state index contributed by atoms with van der Waals surface area (Å²) in [6, 6.07) is 9.06. The monoisotopic (exact) mass is 435 g/mol. The molecule has 0 unspecified atom stereocenters. The van der Waals surface area contributed by atoms with Gasteiger partial charge >= 0.3 is 6.18 Å². The average Bonchev–Trinajstić information content (AvgIpc) is 3.17. The maximum absolute atomic E-state index is 12.9. The van der Waals surface area contributed by atoms with Gasteiger partial charge < -0.3 is 9.64 Å². The summed E-state index contributed by atoms with van der Waals surface area (Å²) in [6.45, 7) is 8.13. The largest absolute Gasteiger partial charge is 0.430 e. The molecule has 0 aliphatic heterocycles. The van der Waals surface area contributed by atoms with Gasteiger partial charge in [-0.2, -0.15) is 22.5 Å². The van der Waals surface area contributed by atoms with Crippen molar-refractivity contribution in [3.8, 4) is 22.3 Å². The van der Waals surface area contributed by atoms with Gasteiger partial charge in [-0.1, -0.05) is 25.1 Å². The smallest absolute Gasteiger partial charge is 0.416 e. The zero-order chi connectivity index (χ0) is 21.9. The van der Waals surface area contributed by atoms with E-state index in [9.17, 15) is 13.2 Å². The van der Waals surface area contributed by atoms with Crippen molar-refractivity contribution in [2.45, 2.75) is 33.4 Å². The van der Waals surface area contributed by atoms with Crippen molar-refractivity contribution in [3.05, 3.63) is 58.7 Å². The molecule has 2 aromatic carbocycles. The molecule has 0 atom stereocenters. The fourth-order valence-electron chi connectivity index (χ4n) is 3.00. The van der Waals surface area contributed by atoms with E-state index in [1.165, 1.54) is 11.6 Å². The highest BCUT2D eigenvalue weighted by atomic mass is 32.1. The fourth-order valence-corrected chi connectivity index (χ4v) is 3.56. The van der Waals surface area contributed by atoms with Crippen LogP contribution in [-0.4, -0.2) is 34.4 Å². The van der Waals surface area contributed by atoms with Crippen molar-refractivity contribution in [2.24, 2.45) is 0 Å². The molecule has 160 valence electrons. The predicted octanol–water partition coefficient (Wildman–Crippen LogP) is 6.13. The van der Waals surface area contributed by atoms with Crippen LogP contribution in [0, 0.1) is 13.8 Å². The van der Waals surface area contributed by atoms with E-state index in [0.29, 0.717) is 16.5 Å². The van der Waals surface area contributed by atoms with E-state index in [4.69, 9.17) is 4.74 Å². The van der Waals surface area contributed by atoms with Gasteiger partial charge in [-0.15, -0.1) is 0 Å². The lowest BCUT2D eigenvalue weighted by Gasteiger charge is -2.16. The second kappa shape index (κ2) is 9.14. The topological polar surface area (TPSA) is 38.2 Å². The van der Waals surface area contributed by atoms with Gasteiger partial charge in [0.05, 0.1) is 5.56 Å². The van der Waals surface area contributed by atoms with Gasteiger partial charge in [-0.25, -0.2) is 0 Å². The van der Waals surface area contributed by atoms with Crippen LogP contribution >= 0.6 is 11.5 Å². The number of aryl methyl sites for hydroxylation is 2. The molecule has 8 heteroatoms. The van der Waals surface area contributed by atoms with Crippen LogP contribution in [0.5, 0.6) is 10.9 Å². The molecule has 3 rings (SSSR count). The molecule has 30 heavy (non-hydrogen) atoms. The molecule has 0 spiro atoms. The Morgan fingerprint density at radius 2 is 1.87 bits per heavy atom. The third kappa shape index (κ3) is 5.37. The van der Waals surface area contributed by atoms with E-state index in [-0.39, 0.29) is 5.82 Å². The van der Waals surface area contributed by atoms with Crippen LogP contribution in [0.4, 0.5) is 13.2 Å². The van der Waals surface area contributed by atoms with Crippen molar-refractivity contribution in [1.29, 1.82) is 0 Å². The van der Waals surface area contributed by atoms with Crippen LogP contribution in [0.1, 0.15) is 29.2 Å². The number of benzene rings is 2. The summed E-state index contributed by atoms with van der Waals surface area (Å²) in [5, 5.41) is 0.295. The number of rotatable bonds is 7. The van der Waals surface area contributed by atoms with Gasteiger partial charge in [0, 0.05) is 23.6 Å². The number of hydrogen-bond acceptors (Lipinski definition) is 5. The van der Waals surface area contributed by atoms with Crippen molar-refractivity contribution in [2.75, 3.05) is 20.1 Å². The second-order valence-electron chi connectivity index (χ2n) is 7.25. The highest BCUT2D eigenvalue weighted by Gasteiger charge is 2.30. The molecular formula is C22H24F3N3OS. The standard InChI is InChI=1S/C22H24F3N3OS/c1-5-28(4)10-9-16-11-15(3)19(12-14(16)2)29-21-26-20(27-30-21)17-7-6-8-18(13-17)22(23,24)25/h6-8,11-13H,5,9-10H2,1-4H3. The highest BCUT2D eigenvalue weighted by molar-refractivity contribution is 7.07. The maximum atomic E-state index is 12.9.